The van der Waals surface area contributed by atoms with E-state index in [0.29, 0.717) is 12.4 Å². The van der Waals surface area contributed by atoms with E-state index >= 15 is 0 Å². The molecule has 29 heavy (non-hydrogen) atoms. The molecule has 8 heteroatoms. The third-order valence-corrected chi connectivity index (χ3v) is 5.55. The number of imidazole rings is 1. The van der Waals surface area contributed by atoms with E-state index in [1.54, 1.807) is 13.1 Å². The molecular weight excluding hydrogens is 368 g/mol. The largest absolute Gasteiger partial charge is 0.343 e. The summed E-state index contributed by atoms with van der Waals surface area (Å²) >= 11 is 0. The van der Waals surface area contributed by atoms with E-state index in [1.165, 1.54) is 4.68 Å². The first-order chi connectivity index (χ1) is 14.1. The van der Waals surface area contributed by atoms with E-state index in [-0.39, 0.29) is 23.4 Å². The average Bonchev–Trinajstić information content (AvgIpc) is 3.45. The molecule has 3 aromatic rings. The van der Waals surface area contributed by atoms with Gasteiger partial charge in [0.05, 0.1) is 17.6 Å². The topological polar surface area (TPSA) is 93.8 Å². The SMILES string of the molecule is CCn1c(CNC(=O)c2cc(NC(=O)C3CCCC3)n(C)n2)nc2ccccc21. The predicted octanol–water partition coefficient (Wildman–Crippen LogP) is 2.85. The molecule has 0 aliphatic heterocycles. The van der Waals surface area contributed by atoms with Crippen LogP contribution < -0.4 is 10.6 Å². The average molecular weight is 394 g/mol. The van der Waals surface area contributed by atoms with Crippen LogP contribution in [0.25, 0.3) is 11.0 Å². The summed E-state index contributed by atoms with van der Waals surface area (Å²) in [5, 5.41) is 10.0. The molecule has 1 aliphatic carbocycles. The standard InChI is InChI=1S/C21H26N6O2/c1-3-27-17-11-7-6-10-15(17)23-19(27)13-22-21(29)16-12-18(26(2)25-16)24-20(28)14-8-4-5-9-14/h6-7,10-12,14H,3-5,8-9,13H2,1-2H3,(H,22,29)(H,24,28). The number of carbonyl (C=O) groups excluding carboxylic acids is 2. The van der Waals surface area contributed by atoms with Crippen molar-refractivity contribution in [2.45, 2.75) is 45.7 Å². The fourth-order valence-corrected chi connectivity index (χ4v) is 3.97. The lowest BCUT2D eigenvalue weighted by molar-refractivity contribution is -0.119. The van der Waals surface area contributed by atoms with E-state index in [2.05, 4.69) is 32.2 Å². The third-order valence-electron chi connectivity index (χ3n) is 5.55. The van der Waals surface area contributed by atoms with Gasteiger partial charge in [-0.2, -0.15) is 5.10 Å². The van der Waals surface area contributed by atoms with Crippen molar-refractivity contribution in [3.8, 4) is 0 Å². The zero-order chi connectivity index (χ0) is 20.4. The molecule has 2 N–H and O–H groups in total. The highest BCUT2D eigenvalue weighted by molar-refractivity contribution is 5.96. The van der Waals surface area contributed by atoms with Gasteiger partial charge in [-0.15, -0.1) is 0 Å². The van der Waals surface area contributed by atoms with Gasteiger partial charge in [-0.1, -0.05) is 25.0 Å². The minimum Gasteiger partial charge on any atom is -0.343 e. The number of nitrogens with one attached hydrogen (secondary N) is 2. The molecule has 8 nitrogen and oxygen atoms in total. The molecule has 0 bridgehead atoms. The Morgan fingerprint density at radius 2 is 1.97 bits per heavy atom. The molecule has 152 valence electrons. The maximum absolute atomic E-state index is 12.6. The van der Waals surface area contributed by atoms with Crippen molar-refractivity contribution in [2.75, 3.05) is 5.32 Å². The summed E-state index contributed by atoms with van der Waals surface area (Å²) in [5.74, 6) is 1.11. The molecule has 0 saturated heterocycles. The first-order valence-corrected chi connectivity index (χ1v) is 10.1. The van der Waals surface area contributed by atoms with Crippen LogP contribution in [0.2, 0.25) is 0 Å². The molecule has 2 heterocycles. The van der Waals surface area contributed by atoms with Crippen LogP contribution in [0.4, 0.5) is 5.82 Å². The van der Waals surface area contributed by atoms with Crippen molar-refractivity contribution < 1.29 is 9.59 Å². The quantitative estimate of drug-likeness (QED) is 0.672. The zero-order valence-corrected chi connectivity index (χ0v) is 16.8. The molecule has 0 unspecified atom stereocenters. The second kappa shape index (κ2) is 8.06. The molecule has 1 aliphatic rings. The molecular formula is C21H26N6O2. The number of fused-ring (bicyclic) bond motifs is 1. The number of benzene rings is 1. The number of anilines is 1. The number of nitrogens with zero attached hydrogens (tertiary/aromatic N) is 4. The van der Waals surface area contributed by atoms with Gasteiger partial charge in [-0.05, 0) is 31.9 Å². The summed E-state index contributed by atoms with van der Waals surface area (Å²) in [4.78, 5) is 29.6. The van der Waals surface area contributed by atoms with Gasteiger partial charge >= 0.3 is 0 Å². The summed E-state index contributed by atoms with van der Waals surface area (Å²) in [6.45, 7) is 3.13. The highest BCUT2D eigenvalue weighted by Crippen LogP contribution is 2.26. The fraction of sp³-hybridized carbons (Fsp3) is 0.429. The Morgan fingerprint density at radius 1 is 1.21 bits per heavy atom. The predicted molar refractivity (Wildman–Crippen MR) is 110 cm³/mol. The zero-order valence-electron chi connectivity index (χ0n) is 16.8. The number of aryl methyl sites for hydroxylation is 2. The fourth-order valence-electron chi connectivity index (χ4n) is 3.97. The molecule has 0 atom stereocenters. The minimum atomic E-state index is -0.295. The summed E-state index contributed by atoms with van der Waals surface area (Å²) < 4.78 is 3.62. The lowest BCUT2D eigenvalue weighted by Crippen LogP contribution is -2.25. The molecule has 1 fully saturated rings. The van der Waals surface area contributed by atoms with E-state index in [0.717, 1.165) is 49.1 Å². The summed E-state index contributed by atoms with van der Waals surface area (Å²) in [6, 6.07) is 9.53. The van der Waals surface area contributed by atoms with Gasteiger partial charge in [-0.3, -0.25) is 14.3 Å². The lowest BCUT2D eigenvalue weighted by Gasteiger charge is -2.09. The van der Waals surface area contributed by atoms with Crippen molar-refractivity contribution in [3.63, 3.8) is 0 Å². The van der Waals surface area contributed by atoms with Crippen LogP contribution in [-0.2, 0) is 24.9 Å². The molecule has 1 saturated carbocycles. The maximum atomic E-state index is 12.6. The highest BCUT2D eigenvalue weighted by atomic mass is 16.2. The number of hydrogen-bond donors (Lipinski definition) is 2. The number of aromatic nitrogens is 4. The van der Waals surface area contributed by atoms with Gasteiger partial charge in [0.25, 0.3) is 5.91 Å². The van der Waals surface area contributed by atoms with E-state index < -0.39 is 0 Å². The van der Waals surface area contributed by atoms with Crippen molar-refractivity contribution >= 4 is 28.7 Å². The van der Waals surface area contributed by atoms with Crippen LogP contribution in [0.15, 0.2) is 30.3 Å². The third kappa shape index (κ3) is 3.87. The van der Waals surface area contributed by atoms with Crippen LogP contribution in [0.3, 0.4) is 0 Å². The lowest BCUT2D eigenvalue weighted by atomic mass is 10.1. The van der Waals surface area contributed by atoms with Crippen molar-refractivity contribution in [2.24, 2.45) is 13.0 Å². The van der Waals surface area contributed by atoms with Gasteiger partial charge < -0.3 is 15.2 Å². The molecule has 0 spiro atoms. The summed E-state index contributed by atoms with van der Waals surface area (Å²) in [7, 11) is 1.72. The Morgan fingerprint density at radius 3 is 2.72 bits per heavy atom. The number of carbonyl (C=O) groups is 2. The van der Waals surface area contributed by atoms with Crippen molar-refractivity contribution in [1.29, 1.82) is 0 Å². The second-order valence-corrected chi connectivity index (χ2v) is 7.45. The minimum absolute atomic E-state index is 0.00845. The highest BCUT2D eigenvalue weighted by Gasteiger charge is 2.24. The second-order valence-electron chi connectivity index (χ2n) is 7.45. The maximum Gasteiger partial charge on any atom is 0.272 e. The first kappa shape index (κ1) is 19.2. The Balaban J connectivity index is 1.43. The number of amides is 2. The van der Waals surface area contributed by atoms with Crippen molar-refractivity contribution in [3.05, 3.63) is 41.9 Å². The first-order valence-electron chi connectivity index (χ1n) is 10.1. The van der Waals surface area contributed by atoms with Crippen molar-refractivity contribution in [1.82, 2.24) is 24.6 Å². The molecule has 0 radical (unpaired) electrons. The van der Waals surface area contributed by atoms with Gasteiger partial charge in [0, 0.05) is 25.6 Å². The Hall–Kier alpha value is -3.16. The Bertz CT molecular complexity index is 1040. The van der Waals surface area contributed by atoms with Crippen LogP contribution >= 0.6 is 0 Å². The molecule has 2 amide bonds. The van der Waals surface area contributed by atoms with E-state index in [4.69, 9.17) is 0 Å². The van der Waals surface area contributed by atoms with Crippen LogP contribution in [0.5, 0.6) is 0 Å². The summed E-state index contributed by atoms with van der Waals surface area (Å²) in [5.41, 5.74) is 2.23. The van der Waals surface area contributed by atoms with Gasteiger partial charge in [0.1, 0.15) is 11.6 Å². The smallest absolute Gasteiger partial charge is 0.272 e. The molecule has 1 aromatic carbocycles. The number of para-hydroxylation sites is 2. The van der Waals surface area contributed by atoms with Crippen LogP contribution in [0, 0.1) is 5.92 Å². The number of hydrogen-bond acceptors (Lipinski definition) is 4. The van der Waals surface area contributed by atoms with Crippen LogP contribution in [0.1, 0.15) is 48.9 Å². The molecule has 2 aromatic heterocycles. The Labute approximate surface area is 169 Å². The monoisotopic (exact) mass is 394 g/mol. The van der Waals surface area contributed by atoms with Gasteiger partial charge in [0.15, 0.2) is 5.69 Å². The van der Waals surface area contributed by atoms with Crippen LogP contribution in [-0.4, -0.2) is 31.1 Å². The van der Waals surface area contributed by atoms with E-state index in [1.807, 2.05) is 24.3 Å². The van der Waals surface area contributed by atoms with Gasteiger partial charge in [0.2, 0.25) is 5.91 Å². The van der Waals surface area contributed by atoms with Gasteiger partial charge in [-0.25, -0.2) is 4.98 Å². The molecule has 4 rings (SSSR count). The normalized spacial score (nSPS) is 14.4. The number of rotatable bonds is 6. The summed E-state index contributed by atoms with van der Waals surface area (Å²) in [6.07, 6.45) is 4.05. The Kier molecular flexibility index (Phi) is 5.33. The van der Waals surface area contributed by atoms with E-state index in [9.17, 15) is 9.59 Å².